The Bertz CT molecular complexity index is 743. The van der Waals surface area contributed by atoms with E-state index < -0.39 is 5.54 Å². The number of hydrogen-bond donors (Lipinski definition) is 1. The van der Waals surface area contributed by atoms with Crippen LogP contribution in [0.2, 0.25) is 0 Å². The molecule has 7 nitrogen and oxygen atoms in total. The highest BCUT2D eigenvalue weighted by Gasteiger charge is 2.39. The summed E-state index contributed by atoms with van der Waals surface area (Å²) in [5.74, 6) is 2.19. The zero-order valence-corrected chi connectivity index (χ0v) is 20.4. The Balaban J connectivity index is 1.87. The number of ether oxygens (including phenoxy) is 4. The number of methoxy groups -OCH3 is 1. The van der Waals surface area contributed by atoms with E-state index in [1.807, 2.05) is 13.0 Å². The molecule has 0 aromatic heterocycles. The van der Waals surface area contributed by atoms with Crippen LogP contribution in [0.3, 0.4) is 0 Å². The van der Waals surface area contributed by atoms with Crippen molar-refractivity contribution in [3.8, 4) is 11.5 Å². The zero-order chi connectivity index (χ0) is 22.7. The SMILES string of the molecule is COCCOCCOCCOc1cccc(C2=N[C@@](C)(C(=O)SCC(C)C)CS2)c1O. The lowest BCUT2D eigenvalue weighted by atomic mass is 10.1. The molecule has 0 spiro atoms. The number of thioether (sulfide) groups is 2. The number of carbonyl (C=O) groups is 1. The number of nitrogens with zero attached hydrogens (tertiary/aromatic N) is 1. The third-order valence-electron chi connectivity index (χ3n) is 4.34. The van der Waals surface area contributed by atoms with Gasteiger partial charge in [0.25, 0.3) is 0 Å². The lowest BCUT2D eigenvalue weighted by Gasteiger charge is -2.17. The first-order valence-electron chi connectivity index (χ1n) is 10.4. The fourth-order valence-corrected chi connectivity index (χ4v) is 4.83. The fraction of sp³-hybridized carbons (Fsp3) is 0.636. The summed E-state index contributed by atoms with van der Waals surface area (Å²) >= 11 is 2.82. The van der Waals surface area contributed by atoms with Crippen LogP contribution in [0, 0.1) is 5.92 Å². The maximum Gasteiger partial charge on any atom is 0.217 e. The quantitative estimate of drug-likeness (QED) is 0.412. The number of aromatic hydroxyl groups is 1. The van der Waals surface area contributed by atoms with Gasteiger partial charge in [-0.1, -0.05) is 31.7 Å². The number of hydrogen-bond acceptors (Lipinski definition) is 9. The number of rotatable bonds is 14. The van der Waals surface area contributed by atoms with Crippen molar-refractivity contribution in [3.05, 3.63) is 23.8 Å². The Labute approximate surface area is 193 Å². The summed E-state index contributed by atoms with van der Waals surface area (Å²) in [6.45, 7) is 8.78. The number of phenols is 1. The van der Waals surface area contributed by atoms with E-state index in [9.17, 15) is 9.90 Å². The van der Waals surface area contributed by atoms with Crippen molar-refractivity contribution < 1.29 is 28.8 Å². The van der Waals surface area contributed by atoms with Gasteiger partial charge in [-0.3, -0.25) is 9.79 Å². The van der Waals surface area contributed by atoms with E-state index in [0.29, 0.717) is 67.7 Å². The normalized spacial score (nSPS) is 18.4. The second-order valence-corrected chi connectivity index (χ2v) is 9.65. The molecule has 2 rings (SSSR count). The van der Waals surface area contributed by atoms with Gasteiger partial charge in [0, 0.05) is 18.6 Å². The summed E-state index contributed by atoms with van der Waals surface area (Å²) in [4.78, 5) is 17.3. The van der Waals surface area contributed by atoms with Gasteiger partial charge in [-0.05, 0) is 25.0 Å². The summed E-state index contributed by atoms with van der Waals surface area (Å²) in [5.41, 5.74) is -0.192. The van der Waals surface area contributed by atoms with E-state index >= 15 is 0 Å². The van der Waals surface area contributed by atoms with Gasteiger partial charge < -0.3 is 24.1 Å². The van der Waals surface area contributed by atoms with Crippen molar-refractivity contribution in [3.63, 3.8) is 0 Å². The largest absolute Gasteiger partial charge is 0.504 e. The monoisotopic (exact) mass is 471 g/mol. The third-order valence-corrected chi connectivity index (χ3v) is 7.17. The van der Waals surface area contributed by atoms with Crippen molar-refractivity contribution in [2.24, 2.45) is 10.9 Å². The highest BCUT2D eigenvalue weighted by atomic mass is 32.2. The van der Waals surface area contributed by atoms with Crippen LogP contribution in [0.5, 0.6) is 11.5 Å². The van der Waals surface area contributed by atoms with E-state index in [-0.39, 0.29) is 10.9 Å². The summed E-state index contributed by atoms with van der Waals surface area (Å²) in [6, 6.07) is 5.30. The molecule has 0 saturated carbocycles. The molecule has 1 aromatic carbocycles. The van der Waals surface area contributed by atoms with Crippen LogP contribution in [0.4, 0.5) is 0 Å². The number of carbonyl (C=O) groups excluding carboxylic acids is 1. The Hall–Kier alpha value is -1.26. The zero-order valence-electron chi connectivity index (χ0n) is 18.7. The Morgan fingerprint density at radius 1 is 1.19 bits per heavy atom. The van der Waals surface area contributed by atoms with Crippen molar-refractivity contribution >= 4 is 33.7 Å². The van der Waals surface area contributed by atoms with Crippen molar-refractivity contribution in [1.29, 1.82) is 0 Å². The highest BCUT2D eigenvalue weighted by Crippen LogP contribution is 2.39. The van der Waals surface area contributed by atoms with Gasteiger partial charge in [-0.25, -0.2) is 0 Å². The molecule has 0 radical (unpaired) electrons. The molecule has 0 unspecified atom stereocenters. The first-order valence-corrected chi connectivity index (χ1v) is 12.3. The third kappa shape index (κ3) is 8.31. The Morgan fingerprint density at radius 2 is 1.87 bits per heavy atom. The van der Waals surface area contributed by atoms with E-state index in [1.54, 1.807) is 19.2 Å². The molecule has 0 aliphatic carbocycles. The second kappa shape index (κ2) is 13.3. The average molecular weight is 472 g/mol. The molecule has 31 heavy (non-hydrogen) atoms. The van der Waals surface area contributed by atoms with Gasteiger partial charge in [0.05, 0.1) is 38.6 Å². The smallest absolute Gasteiger partial charge is 0.217 e. The van der Waals surface area contributed by atoms with Gasteiger partial charge in [0.15, 0.2) is 11.5 Å². The van der Waals surface area contributed by atoms with Gasteiger partial charge >= 0.3 is 0 Å². The van der Waals surface area contributed by atoms with Crippen LogP contribution in [0.25, 0.3) is 0 Å². The van der Waals surface area contributed by atoms with Crippen LogP contribution in [-0.2, 0) is 19.0 Å². The lowest BCUT2D eigenvalue weighted by molar-refractivity contribution is -0.114. The number of phenolic OH excluding ortho intramolecular Hbond substituents is 1. The standard InChI is InChI=1S/C22H33NO6S2/c1-16(2)14-30-21(25)22(3)15-31-20(23-22)17-6-5-7-18(19(17)24)29-13-12-28-11-10-27-9-8-26-4/h5-7,16,24H,8-15H2,1-4H3/t22-/m1/s1. The molecule has 1 atom stereocenters. The van der Waals surface area contributed by atoms with Crippen LogP contribution >= 0.6 is 23.5 Å². The minimum Gasteiger partial charge on any atom is -0.504 e. The molecular formula is C22H33NO6S2. The molecule has 9 heteroatoms. The van der Waals surface area contributed by atoms with Crippen molar-refractivity contribution in [2.45, 2.75) is 26.3 Å². The van der Waals surface area contributed by atoms with Gasteiger partial charge in [-0.15, -0.1) is 11.8 Å². The van der Waals surface area contributed by atoms with Crippen molar-refractivity contribution in [1.82, 2.24) is 0 Å². The number of benzene rings is 1. The van der Waals surface area contributed by atoms with Crippen LogP contribution < -0.4 is 4.74 Å². The molecule has 1 aliphatic heterocycles. The minimum atomic E-state index is -0.776. The molecule has 1 N–H and O–H groups in total. The fourth-order valence-electron chi connectivity index (χ4n) is 2.62. The lowest BCUT2D eigenvalue weighted by Crippen LogP contribution is -2.31. The molecule has 1 aliphatic rings. The molecule has 174 valence electrons. The van der Waals surface area contributed by atoms with Crippen molar-refractivity contribution in [2.75, 3.05) is 58.3 Å². The van der Waals surface area contributed by atoms with Crippen LogP contribution in [-0.4, -0.2) is 79.1 Å². The Kier molecular flexibility index (Phi) is 11.2. The van der Waals surface area contributed by atoms with E-state index in [1.165, 1.54) is 23.5 Å². The predicted molar refractivity (Wildman–Crippen MR) is 127 cm³/mol. The average Bonchev–Trinajstić information content (AvgIpc) is 3.15. The van der Waals surface area contributed by atoms with E-state index in [0.717, 1.165) is 5.75 Å². The molecule has 1 aromatic rings. The highest BCUT2D eigenvalue weighted by molar-refractivity contribution is 8.16. The first kappa shape index (κ1) is 26.0. The van der Waals surface area contributed by atoms with Crippen LogP contribution in [0.15, 0.2) is 23.2 Å². The summed E-state index contributed by atoms with van der Waals surface area (Å²) in [5, 5.41) is 11.4. The summed E-state index contributed by atoms with van der Waals surface area (Å²) < 4.78 is 21.4. The second-order valence-electron chi connectivity index (χ2n) is 7.69. The topological polar surface area (TPSA) is 86.6 Å². The van der Waals surface area contributed by atoms with Gasteiger partial charge in [0.2, 0.25) is 5.12 Å². The Morgan fingerprint density at radius 3 is 2.55 bits per heavy atom. The van der Waals surface area contributed by atoms with Gasteiger partial charge in [-0.2, -0.15) is 0 Å². The first-order chi connectivity index (χ1) is 14.9. The molecule has 0 fully saturated rings. The molecule has 1 heterocycles. The maximum absolute atomic E-state index is 12.6. The summed E-state index contributed by atoms with van der Waals surface area (Å²) in [6.07, 6.45) is 0. The van der Waals surface area contributed by atoms with Crippen LogP contribution in [0.1, 0.15) is 26.3 Å². The predicted octanol–water partition coefficient (Wildman–Crippen LogP) is 3.62. The number of para-hydroxylation sites is 1. The van der Waals surface area contributed by atoms with E-state index in [2.05, 4.69) is 18.8 Å². The molecule has 0 bridgehead atoms. The molecule has 0 amide bonds. The number of aliphatic imine (C=N–C) groups is 1. The molecule has 0 saturated heterocycles. The maximum atomic E-state index is 12.6. The van der Waals surface area contributed by atoms with E-state index in [4.69, 9.17) is 18.9 Å². The minimum absolute atomic E-state index is 0.0307. The molecular weight excluding hydrogens is 438 g/mol. The van der Waals surface area contributed by atoms with Gasteiger partial charge in [0.1, 0.15) is 17.2 Å². The summed E-state index contributed by atoms with van der Waals surface area (Å²) in [7, 11) is 1.63.